The van der Waals surface area contributed by atoms with Crippen LogP contribution >= 0.6 is 0 Å². The van der Waals surface area contributed by atoms with Gasteiger partial charge in [0.1, 0.15) is 0 Å². The molecule has 1 heterocycles. The van der Waals surface area contributed by atoms with E-state index >= 15 is 0 Å². The molecule has 1 saturated heterocycles. The summed E-state index contributed by atoms with van der Waals surface area (Å²) in [6.07, 6.45) is 1.80. The fourth-order valence-electron chi connectivity index (χ4n) is 2.15. The van der Waals surface area contributed by atoms with Crippen molar-refractivity contribution >= 4 is 17.8 Å². The molecule has 0 radical (unpaired) electrons. The molecule has 5 heteroatoms. The highest BCUT2D eigenvalue weighted by Crippen LogP contribution is 2.46. The Hall–Kier alpha value is -1.39. The quantitative estimate of drug-likeness (QED) is 0.691. The lowest BCUT2D eigenvalue weighted by Gasteiger charge is -2.16. The first-order valence-electron chi connectivity index (χ1n) is 5.60. The first-order valence-corrected chi connectivity index (χ1v) is 5.60. The van der Waals surface area contributed by atoms with E-state index in [-0.39, 0.29) is 23.7 Å². The van der Waals surface area contributed by atoms with E-state index in [0.29, 0.717) is 19.4 Å². The summed E-state index contributed by atoms with van der Waals surface area (Å²) in [7, 11) is 0. The van der Waals surface area contributed by atoms with Gasteiger partial charge in [0.2, 0.25) is 11.8 Å². The maximum atomic E-state index is 11.6. The number of hydrogen-bond donors (Lipinski definition) is 1. The second-order valence-electron chi connectivity index (χ2n) is 4.66. The Morgan fingerprint density at radius 2 is 2.00 bits per heavy atom. The van der Waals surface area contributed by atoms with Crippen molar-refractivity contribution in [3.05, 3.63) is 0 Å². The smallest absolute Gasteiger partial charge is 0.306 e. The van der Waals surface area contributed by atoms with Gasteiger partial charge in [-0.3, -0.25) is 19.3 Å². The number of carbonyl (C=O) groups excluding carboxylic acids is 2. The second-order valence-corrected chi connectivity index (χ2v) is 4.66. The molecular formula is C11H15NO4. The monoisotopic (exact) mass is 225 g/mol. The van der Waals surface area contributed by atoms with Crippen LogP contribution in [0, 0.1) is 17.8 Å². The van der Waals surface area contributed by atoms with Gasteiger partial charge in [-0.05, 0) is 19.3 Å². The maximum absolute atomic E-state index is 11.6. The Kier molecular flexibility index (Phi) is 2.69. The van der Waals surface area contributed by atoms with Crippen LogP contribution in [0.25, 0.3) is 0 Å². The number of fused-ring (bicyclic) bond motifs is 1. The Balaban J connectivity index is 1.77. The van der Waals surface area contributed by atoms with Crippen molar-refractivity contribution in [3.63, 3.8) is 0 Å². The number of carbonyl (C=O) groups is 3. The van der Waals surface area contributed by atoms with Crippen molar-refractivity contribution in [1.29, 1.82) is 0 Å². The molecule has 2 fully saturated rings. The summed E-state index contributed by atoms with van der Waals surface area (Å²) in [5, 5.41) is 8.68. The zero-order valence-corrected chi connectivity index (χ0v) is 9.18. The number of nitrogens with zero attached hydrogens (tertiary/aromatic N) is 1. The van der Waals surface area contributed by atoms with Crippen molar-refractivity contribution < 1.29 is 19.5 Å². The number of imide groups is 1. The Morgan fingerprint density at radius 1 is 1.44 bits per heavy atom. The van der Waals surface area contributed by atoms with Crippen LogP contribution in [0.2, 0.25) is 0 Å². The van der Waals surface area contributed by atoms with Crippen molar-refractivity contribution in [1.82, 2.24) is 4.90 Å². The largest absolute Gasteiger partial charge is 0.481 e. The number of hydrogen-bond acceptors (Lipinski definition) is 3. The highest BCUT2D eigenvalue weighted by atomic mass is 16.4. The van der Waals surface area contributed by atoms with Gasteiger partial charge in [0.25, 0.3) is 0 Å². The fraction of sp³-hybridized carbons (Fsp3) is 0.727. The van der Waals surface area contributed by atoms with Crippen molar-refractivity contribution in [2.75, 3.05) is 6.54 Å². The molecule has 0 spiro atoms. The van der Waals surface area contributed by atoms with Crippen LogP contribution in [0.15, 0.2) is 0 Å². The highest BCUT2D eigenvalue weighted by Gasteiger charge is 2.58. The molecule has 2 amide bonds. The zero-order chi connectivity index (χ0) is 11.9. The summed E-state index contributed by atoms with van der Waals surface area (Å²) >= 11 is 0. The van der Waals surface area contributed by atoms with Gasteiger partial charge in [-0.15, -0.1) is 0 Å². The summed E-state index contributed by atoms with van der Waals surface area (Å²) in [4.78, 5) is 35.0. The maximum Gasteiger partial charge on any atom is 0.306 e. The van der Waals surface area contributed by atoms with Crippen LogP contribution in [-0.2, 0) is 14.4 Å². The predicted molar refractivity (Wildman–Crippen MR) is 54.4 cm³/mol. The molecule has 0 aromatic carbocycles. The van der Waals surface area contributed by atoms with Gasteiger partial charge in [-0.2, -0.15) is 0 Å². The minimum atomic E-state index is -0.832. The van der Waals surface area contributed by atoms with Crippen LogP contribution < -0.4 is 0 Å². The first-order chi connectivity index (χ1) is 7.52. The molecule has 88 valence electrons. The Bertz CT molecular complexity index is 332. The number of amides is 2. The molecule has 3 atom stereocenters. The molecule has 5 nitrogen and oxygen atoms in total. The van der Waals surface area contributed by atoms with E-state index in [9.17, 15) is 14.4 Å². The molecular weight excluding hydrogens is 210 g/mol. The molecule has 2 aliphatic rings. The van der Waals surface area contributed by atoms with E-state index < -0.39 is 11.9 Å². The van der Waals surface area contributed by atoms with E-state index in [0.717, 1.165) is 6.42 Å². The average Bonchev–Trinajstić information content (AvgIpc) is 2.97. The van der Waals surface area contributed by atoms with Crippen molar-refractivity contribution in [2.45, 2.75) is 26.2 Å². The number of likely N-dealkylation sites (tertiary alicyclic amines) is 1. The number of rotatable bonds is 5. The van der Waals surface area contributed by atoms with E-state index in [1.807, 2.05) is 0 Å². The van der Waals surface area contributed by atoms with Crippen LogP contribution in [0.1, 0.15) is 26.2 Å². The molecule has 1 saturated carbocycles. The molecule has 1 aliphatic carbocycles. The summed E-state index contributed by atoms with van der Waals surface area (Å²) in [6.45, 7) is 2.01. The summed E-state index contributed by atoms with van der Waals surface area (Å²) in [5.74, 6) is -1.46. The third-order valence-electron chi connectivity index (χ3n) is 3.40. The molecule has 2 rings (SSSR count). The van der Waals surface area contributed by atoms with Crippen LogP contribution in [0.5, 0.6) is 0 Å². The van der Waals surface area contributed by atoms with Gasteiger partial charge in [0.05, 0.1) is 17.8 Å². The zero-order valence-electron chi connectivity index (χ0n) is 9.18. The number of piperidine rings is 1. The third kappa shape index (κ3) is 1.81. The fourth-order valence-corrected chi connectivity index (χ4v) is 2.15. The van der Waals surface area contributed by atoms with Gasteiger partial charge >= 0.3 is 5.97 Å². The average molecular weight is 225 g/mol. The minimum absolute atomic E-state index is 0.0515. The molecule has 1 N–H and O–H groups in total. The Labute approximate surface area is 93.4 Å². The molecule has 0 bridgehead atoms. The summed E-state index contributed by atoms with van der Waals surface area (Å²) in [5.41, 5.74) is 0. The minimum Gasteiger partial charge on any atom is -0.481 e. The molecule has 0 aromatic rings. The van der Waals surface area contributed by atoms with E-state index in [1.54, 1.807) is 6.92 Å². The third-order valence-corrected chi connectivity index (χ3v) is 3.40. The van der Waals surface area contributed by atoms with Gasteiger partial charge in [-0.25, -0.2) is 0 Å². The predicted octanol–water partition coefficient (Wildman–Crippen LogP) is 0.492. The normalized spacial score (nSPS) is 29.2. The van der Waals surface area contributed by atoms with Gasteiger partial charge in [0, 0.05) is 6.54 Å². The lowest BCUT2D eigenvalue weighted by atomic mass is 10.1. The second kappa shape index (κ2) is 3.88. The van der Waals surface area contributed by atoms with Crippen molar-refractivity contribution in [2.24, 2.45) is 17.8 Å². The summed E-state index contributed by atoms with van der Waals surface area (Å²) in [6, 6.07) is 0. The standard InChI is InChI=1S/C11H15NO4/c1-6(11(15)16)3-2-4-12-9(13)7-5-8(7)10(12)14/h6-8H,2-5H2,1H3,(H,15,16). The Morgan fingerprint density at radius 3 is 2.50 bits per heavy atom. The van der Waals surface area contributed by atoms with E-state index in [4.69, 9.17) is 5.11 Å². The lowest BCUT2D eigenvalue weighted by molar-refractivity contribution is -0.141. The topological polar surface area (TPSA) is 74.7 Å². The van der Waals surface area contributed by atoms with Crippen LogP contribution in [-0.4, -0.2) is 34.3 Å². The van der Waals surface area contributed by atoms with Gasteiger partial charge in [-0.1, -0.05) is 6.92 Å². The van der Waals surface area contributed by atoms with Gasteiger partial charge < -0.3 is 5.11 Å². The van der Waals surface area contributed by atoms with E-state index in [1.165, 1.54) is 4.90 Å². The highest BCUT2D eigenvalue weighted by molar-refractivity contribution is 6.08. The van der Waals surface area contributed by atoms with Crippen LogP contribution in [0.4, 0.5) is 0 Å². The molecule has 16 heavy (non-hydrogen) atoms. The van der Waals surface area contributed by atoms with Crippen LogP contribution in [0.3, 0.4) is 0 Å². The molecule has 1 aliphatic heterocycles. The molecule has 0 aromatic heterocycles. The number of carboxylic acids is 1. The lowest BCUT2D eigenvalue weighted by Crippen LogP contribution is -2.34. The first kappa shape index (κ1) is 11.1. The molecule has 3 unspecified atom stereocenters. The summed E-state index contributed by atoms with van der Waals surface area (Å²) < 4.78 is 0. The van der Waals surface area contributed by atoms with Crippen molar-refractivity contribution in [3.8, 4) is 0 Å². The van der Waals surface area contributed by atoms with Gasteiger partial charge in [0.15, 0.2) is 0 Å². The number of aliphatic carboxylic acids is 1. The SMILES string of the molecule is CC(CCCN1C(=O)C2CC2C1=O)C(=O)O. The number of carboxylic acid groups (broad SMARTS) is 1. The van der Waals surface area contributed by atoms with E-state index in [2.05, 4.69) is 0 Å².